The molecule has 50 valence electrons. The number of aryl methyl sites for hydroxylation is 1. The first-order valence-corrected chi connectivity index (χ1v) is 3.24. The van der Waals surface area contributed by atoms with Crippen molar-refractivity contribution in [1.29, 1.82) is 5.26 Å². The lowest BCUT2D eigenvalue weighted by Gasteiger charge is -1.96. The quantitative estimate of drug-likeness (QED) is 0.570. The second kappa shape index (κ2) is 2.72. The summed E-state index contributed by atoms with van der Waals surface area (Å²) in [5, 5.41) is 8.57. The van der Waals surface area contributed by atoms with E-state index in [4.69, 9.17) is 5.26 Å². The molecule has 1 aromatic rings. The van der Waals surface area contributed by atoms with Crippen molar-refractivity contribution in [3.8, 4) is 6.07 Å². The van der Waals surface area contributed by atoms with Crippen LogP contribution in [0.2, 0.25) is 0 Å². The summed E-state index contributed by atoms with van der Waals surface area (Å²) in [5.74, 6) is 0. The third-order valence-corrected chi connectivity index (χ3v) is 1.57. The number of nitriles is 1. The van der Waals surface area contributed by atoms with Crippen LogP contribution < -0.4 is 0 Å². The highest BCUT2D eigenvalue weighted by atomic mass is 32.1. The van der Waals surface area contributed by atoms with E-state index >= 15 is 0 Å². The molecule has 10 heavy (non-hydrogen) atoms. The summed E-state index contributed by atoms with van der Waals surface area (Å²) >= 11 is 4.06. The van der Waals surface area contributed by atoms with Crippen LogP contribution in [-0.2, 0) is 0 Å². The first-order valence-electron chi connectivity index (χ1n) is 2.79. The van der Waals surface area contributed by atoms with Gasteiger partial charge in [0.1, 0.15) is 6.07 Å². The van der Waals surface area contributed by atoms with Gasteiger partial charge in [-0.25, -0.2) is 0 Å². The van der Waals surface area contributed by atoms with Crippen molar-refractivity contribution < 1.29 is 0 Å². The monoisotopic (exact) mass is 150 g/mol. The second-order valence-corrected chi connectivity index (χ2v) is 2.44. The molecule has 0 saturated heterocycles. The Bertz CT molecular complexity index is 268. The van der Waals surface area contributed by atoms with Crippen molar-refractivity contribution in [2.75, 3.05) is 0 Å². The van der Waals surface area contributed by atoms with E-state index in [1.54, 1.807) is 12.4 Å². The fourth-order valence-electron chi connectivity index (χ4n) is 0.696. The number of thiol groups is 1. The van der Waals surface area contributed by atoms with E-state index < -0.39 is 0 Å². The molecule has 0 radical (unpaired) electrons. The number of rotatable bonds is 0. The summed E-state index contributed by atoms with van der Waals surface area (Å²) in [5.41, 5.74) is 1.48. The van der Waals surface area contributed by atoms with Crippen LogP contribution in [-0.4, -0.2) is 4.98 Å². The molecule has 0 aliphatic heterocycles. The molecule has 0 unspecified atom stereocenters. The first kappa shape index (κ1) is 7.10. The molecule has 0 spiro atoms. The lowest BCUT2D eigenvalue weighted by molar-refractivity contribution is 1.17. The molecular weight excluding hydrogens is 144 g/mol. The molecule has 0 amide bonds. The number of pyridine rings is 1. The van der Waals surface area contributed by atoms with Crippen LogP contribution in [0.1, 0.15) is 11.1 Å². The molecule has 0 aromatic carbocycles. The van der Waals surface area contributed by atoms with E-state index in [1.165, 1.54) is 0 Å². The van der Waals surface area contributed by atoms with Crippen molar-refractivity contribution in [2.24, 2.45) is 0 Å². The van der Waals surface area contributed by atoms with Gasteiger partial charge in [-0.3, -0.25) is 4.98 Å². The standard InChI is InChI=1S/C7H6N2S/c1-5-3-9-4-7(10)6(5)2-8/h3-4,10H,1H3. The van der Waals surface area contributed by atoms with E-state index in [9.17, 15) is 0 Å². The van der Waals surface area contributed by atoms with Gasteiger partial charge in [0.2, 0.25) is 0 Å². The molecule has 3 heteroatoms. The third-order valence-electron chi connectivity index (χ3n) is 1.23. The molecule has 0 aliphatic rings. The molecule has 0 atom stereocenters. The minimum atomic E-state index is 0.610. The predicted octanol–water partition coefficient (Wildman–Crippen LogP) is 1.55. The molecule has 2 nitrogen and oxygen atoms in total. The molecule has 0 bridgehead atoms. The van der Waals surface area contributed by atoms with E-state index in [0.717, 1.165) is 5.56 Å². The Morgan fingerprint density at radius 3 is 2.70 bits per heavy atom. The minimum Gasteiger partial charge on any atom is -0.263 e. The van der Waals surface area contributed by atoms with Crippen LogP contribution in [0.25, 0.3) is 0 Å². The fraction of sp³-hybridized carbons (Fsp3) is 0.143. The zero-order valence-corrected chi connectivity index (χ0v) is 6.39. The summed E-state index contributed by atoms with van der Waals surface area (Å²) in [4.78, 5) is 4.51. The zero-order chi connectivity index (χ0) is 7.56. The lowest BCUT2D eigenvalue weighted by Crippen LogP contribution is -1.85. The maximum absolute atomic E-state index is 8.57. The molecule has 1 rings (SSSR count). The highest BCUT2D eigenvalue weighted by Crippen LogP contribution is 2.13. The first-order chi connectivity index (χ1) is 4.75. The van der Waals surface area contributed by atoms with Crippen LogP contribution in [0.3, 0.4) is 0 Å². The summed E-state index contributed by atoms with van der Waals surface area (Å²) in [6.45, 7) is 1.84. The number of aromatic nitrogens is 1. The van der Waals surface area contributed by atoms with Gasteiger partial charge in [0.15, 0.2) is 0 Å². The third kappa shape index (κ3) is 1.12. The molecular formula is C7H6N2S. The van der Waals surface area contributed by atoms with Gasteiger partial charge < -0.3 is 0 Å². The van der Waals surface area contributed by atoms with Crippen LogP contribution >= 0.6 is 12.6 Å². The Morgan fingerprint density at radius 2 is 2.30 bits per heavy atom. The Hall–Kier alpha value is -1.01. The Balaban J connectivity index is 3.34. The lowest BCUT2D eigenvalue weighted by atomic mass is 10.2. The van der Waals surface area contributed by atoms with E-state index in [-0.39, 0.29) is 0 Å². The van der Waals surface area contributed by atoms with Gasteiger partial charge >= 0.3 is 0 Å². The largest absolute Gasteiger partial charge is 0.263 e. The smallest absolute Gasteiger partial charge is 0.101 e. The molecule has 1 aromatic heterocycles. The summed E-state index contributed by atoms with van der Waals surface area (Å²) in [6, 6.07) is 2.05. The summed E-state index contributed by atoms with van der Waals surface area (Å²) in [6.07, 6.45) is 3.22. The summed E-state index contributed by atoms with van der Waals surface area (Å²) < 4.78 is 0. The molecule has 0 aliphatic carbocycles. The maximum atomic E-state index is 8.57. The zero-order valence-electron chi connectivity index (χ0n) is 5.50. The van der Waals surface area contributed by atoms with Crippen LogP contribution in [0, 0.1) is 18.3 Å². The molecule has 0 fully saturated rings. The SMILES string of the molecule is Cc1cncc(S)c1C#N. The van der Waals surface area contributed by atoms with Gasteiger partial charge in [-0.15, -0.1) is 12.6 Å². The van der Waals surface area contributed by atoms with Gasteiger partial charge in [0.25, 0.3) is 0 Å². The summed E-state index contributed by atoms with van der Waals surface area (Å²) in [7, 11) is 0. The maximum Gasteiger partial charge on any atom is 0.101 e. The van der Waals surface area contributed by atoms with Crippen LogP contribution in [0.5, 0.6) is 0 Å². The molecule has 1 heterocycles. The van der Waals surface area contributed by atoms with Gasteiger partial charge in [0.05, 0.1) is 5.56 Å². The van der Waals surface area contributed by atoms with Gasteiger partial charge in [-0.2, -0.15) is 5.26 Å². The Kier molecular flexibility index (Phi) is 1.93. The number of hydrogen-bond acceptors (Lipinski definition) is 3. The molecule has 0 N–H and O–H groups in total. The van der Waals surface area contributed by atoms with Crippen LogP contribution in [0.4, 0.5) is 0 Å². The highest BCUT2D eigenvalue weighted by molar-refractivity contribution is 7.80. The predicted molar refractivity (Wildman–Crippen MR) is 40.9 cm³/mol. The van der Waals surface area contributed by atoms with E-state index in [1.807, 2.05) is 13.0 Å². The van der Waals surface area contributed by atoms with E-state index in [2.05, 4.69) is 17.6 Å². The highest BCUT2D eigenvalue weighted by Gasteiger charge is 1.99. The Labute approximate surface area is 64.9 Å². The Morgan fingerprint density at radius 1 is 1.60 bits per heavy atom. The average Bonchev–Trinajstić information content (AvgIpc) is 1.88. The van der Waals surface area contributed by atoms with Crippen molar-refractivity contribution >= 4 is 12.6 Å². The minimum absolute atomic E-state index is 0.610. The average molecular weight is 150 g/mol. The van der Waals surface area contributed by atoms with Crippen molar-refractivity contribution in [3.05, 3.63) is 23.5 Å². The van der Waals surface area contributed by atoms with Gasteiger partial charge in [-0.1, -0.05) is 0 Å². The molecule has 0 saturated carbocycles. The normalized spacial score (nSPS) is 8.90. The second-order valence-electron chi connectivity index (χ2n) is 1.96. The van der Waals surface area contributed by atoms with Crippen molar-refractivity contribution in [2.45, 2.75) is 11.8 Å². The van der Waals surface area contributed by atoms with Gasteiger partial charge in [-0.05, 0) is 12.5 Å². The van der Waals surface area contributed by atoms with E-state index in [0.29, 0.717) is 10.5 Å². The number of hydrogen-bond donors (Lipinski definition) is 1. The van der Waals surface area contributed by atoms with Crippen molar-refractivity contribution in [3.63, 3.8) is 0 Å². The number of nitrogens with zero attached hydrogens (tertiary/aromatic N) is 2. The van der Waals surface area contributed by atoms with Crippen molar-refractivity contribution in [1.82, 2.24) is 4.98 Å². The van der Waals surface area contributed by atoms with Crippen LogP contribution in [0.15, 0.2) is 17.3 Å². The fourth-order valence-corrected chi connectivity index (χ4v) is 0.989. The topological polar surface area (TPSA) is 36.7 Å². The van der Waals surface area contributed by atoms with Gasteiger partial charge in [0, 0.05) is 17.3 Å².